The fourth-order valence-corrected chi connectivity index (χ4v) is 1.93. The second kappa shape index (κ2) is 6.34. The lowest BCUT2D eigenvalue weighted by atomic mass is 10.1. The third kappa shape index (κ3) is 3.24. The smallest absolute Gasteiger partial charge is 0.128 e. The van der Waals surface area contributed by atoms with Gasteiger partial charge in [-0.3, -0.25) is 0 Å². The van der Waals surface area contributed by atoms with E-state index in [2.05, 4.69) is 5.32 Å². The normalized spacial score (nSPS) is 12.0. The summed E-state index contributed by atoms with van der Waals surface area (Å²) in [7, 11) is 1.58. The molecule has 0 fully saturated rings. The van der Waals surface area contributed by atoms with Gasteiger partial charge in [-0.1, -0.05) is 0 Å². The van der Waals surface area contributed by atoms with Crippen LogP contribution in [0, 0.1) is 11.6 Å². The van der Waals surface area contributed by atoms with Crippen LogP contribution in [-0.4, -0.2) is 13.7 Å². The average Bonchev–Trinajstić information content (AvgIpc) is 2.48. The Morgan fingerprint density at radius 1 is 1.15 bits per heavy atom. The highest BCUT2D eigenvalue weighted by atomic mass is 19.1. The topological polar surface area (TPSA) is 47.3 Å². The second-order valence-electron chi connectivity index (χ2n) is 4.33. The molecule has 2 rings (SSSR count). The van der Waals surface area contributed by atoms with Crippen molar-refractivity contribution >= 4 is 5.69 Å². The van der Waals surface area contributed by atoms with Crippen molar-refractivity contribution in [2.24, 2.45) is 5.73 Å². The molecule has 2 aromatic carbocycles. The van der Waals surface area contributed by atoms with Gasteiger partial charge in [0.25, 0.3) is 0 Å². The fourth-order valence-electron chi connectivity index (χ4n) is 1.93. The van der Waals surface area contributed by atoms with Crippen molar-refractivity contribution in [1.29, 1.82) is 0 Å². The van der Waals surface area contributed by atoms with E-state index in [9.17, 15) is 8.78 Å². The van der Waals surface area contributed by atoms with E-state index in [0.717, 1.165) is 29.6 Å². The van der Waals surface area contributed by atoms with Gasteiger partial charge >= 0.3 is 0 Å². The lowest BCUT2D eigenvalue weighted by Crippen LogP contribution is -2.21. The van der Waals surface area contributed by atoms with Gasteiger partial charge < -0.3 is 15.8 Å². The summed E-state index contributed by atoms with van der Waals surface area (Å²) < 4.78 is 32.0. The maximum Gasteiger partial charge on any atom is 0.128 e. The van der Waals surface area contributed by atoms with E-state index in [0.29, 0.717) is 0 Å². The van der Waals surface area contributed by atoms with Crippen molar-refractivity contribution in [2.75, 3.05) is 19.0 Å². The standard InChI is InChI=1S/C15H16F2N2O/c1-20-12-5-3-11(4-6-12)19-15(9-18)13-8-10(16)2-7-14(13)17/h2-8,15,19H,9,18H2,1H3. The molecule has 0 aliphatic rings. The molecule has 1 atom stereocenters. The number of hydrogen-bond donors (Lipinski definition) is 2. The molecular weight excluding hydrogens is 262 g/mol. The van der Waals surface area contributed by atoms with Crippen LogP contribution in [0.4, 0.5) is 14.5 Å². The zero-order valence-electron chi connectivity index (χ0n) is 11.1. The van der Waals surface area contributed by atoms with Gasteiger partial charge in [-0.05, 0) is 42.5 Å². The Balaban J connectivity index is 2.21. The highest BCUT2D eigenvalue weighted by Crippen LogP contribution is 2.23. The molecule has 0 radical (unpaired) electrons. The number of halogens is 2. The number of benzene rings is 2. The summed E-state index contributed by atoms with van der Waals surface area (Å²) in [5.74, 6) is -0.254. The number of ether oxygens (including phenoxy) is 1. The van der Waals surface area contributed by atoms with Crippen LogP contribution in [0.1, 0.15) is 11.6 Å². The molecule has 0 amide bonds. The quantitative estimate of drug-likeness (QED) is 0.883. The third-order valence-electron chi connectivity index (χ3n) is 3.00. The van der Waals surface area contributed by atoms with Gasteiger partial charge in [-0.2, -0.15) is 0 Å². The van der Waals surface area contributed by atoms with Gasteiger partial charge in [0.15, 0.2) is 0 Å². The van der Waals surface area contributed by atoms with Crippen molar-refractivity contribution in [3.63, 3.8) is 0 Å². The second-order valence-corrected chi connectivity index (χ2v) is 4.33. The third-order valence-corrected chi connectivity index (χ3v) is 3.00. The zero-order chi connectivity index (χ0) is 14.5. The highest BCUT2D eigenvalue weighted by molar-refractivity contribution is 5.48. The molecule has 3 nitrogen and oxygen atoms in total. The summed E-state index contributed by atoms with van der Waals surface area (Å²) >= 11 is 0. The summed E-state index contributed by atoms with van der Waals surface area (Å²) in [6.45, 7) is 0.145. The van der Waals surface area contributed by atoms with Crippen molar-refractivity contribution < 1.29 is 13.5 Å². The molecule has 20 heavy (non-hydrogen) atoms. The molecule has 0 spiro atoms. The largest absolute Gasteiger partial charge is 0.497 e. The Morgan fingerprint density at radius 3 is 2.45 bits per heavy atom. The van der Waals surface area contributed by atoms with Gasteiger partial charge in [0.1, 0.15) is 17.4 Å². The first-order valence-electron chi connectivity index (χ1n) is 6.19. The number of nitrogens with one attached hydrogen (secondary N) is 1. The summed E-state index contributed by atoms with van der Waals surface area (Å²) in [5.41, 5.74) is 6.62. The fraction of sp³-hybridized carbons (Fsp3) is 0.200. The predicted molar refractivity (Wildman–Crippen MR) is 74.8 cm³/mol. The Hall–Kier alpha value is -2.14. The first-order chi connectivity index (χ1) is 9.63. The van der Waals surface area contributed by atoms with Gasteiger partial charge in [0.2, 0.25) is 0 Å². The molecule has 3 N–H and O–H groups in total. The first kappa shape index (κ1) is 14.3. The molecule has 0 aromatic heterocycles. The molecule has 0 aliphatic carbocycles. The molecule has 0 saturated heterocycles. The molecular formula is C15H16F2N2O. The van der Waals surface area contributed by atoms with E-state index in [4.69, 9.17) is 10.5 Å². The maximum absolute atomic E-state index is 13.7. The van der Waals surface area contributed by atoms with E-state index < -0.39 is 17.7 Å². The number of rotatable bonds is 5. The van der Waals surface area contributed by atoms with Crippen LogP contribution in [0.3, 0.4) is 0 Å². The van der Waals surface area contributed by atoms with Crippen molar-refractivity contribution in [2.45, 2.75) is 6.04 Å². The Kier molecular flexibility index (Phi) is 4.53. The van der Waals surface area contributed by atoms with E-state index in [1.165, 1.54) is 0 Å². The van der Waals surface area contributed by atoms with Crippen LogP contribution in [0.2, 0.25) is 0 Å². The number of hydrogen-bond acceptors (Lipinski definition) is 3. The van der Waals surface area contributed by atoms with Crippen LogP contribution in [-0.2, 0) is 0 Å². The van der Waals surface area contributed by atoms with Gasteiger partial charge in [-0.15, -0.1) is 0 Å². The Morgan fingerprint density at radius 2 is 1.85 bits per heavy atom. The van der Waals surface area contributed by atoms with Crippen molar-refractivity contribution in [3.05, 3.63) is 59.7 Å². The molecule has 2 aromatic rings. The summed E-state index contributed by atoms with van der Waals surface area (Å²) in [6.07, 6.45) is 0. The summed E-state index contributed by atoms with van der Waals surface area (Å²) in [4.78, 5) is 0. The Bertz CT molecular complexity index is 573. The van der Waals surface area contributed by atoms with E-state index >= 15 is 0 Å². The van der Waals surface area contributed by atoms with Crippen LogP contribution in [0.25, 0.3) is 0 Å². The molecule has 0 heterocycles. The van der Waals surface area contributed by atoms with Crippen LogP contribution in [0.5, 0.6) is 5.75 Å². The maximum atomic E-state index is 13.7. The molecule has 106 valence electrons. The van der Waals surface area contributed by atoms with Crippen LogP contribution in [0.15, 0.2) is 42.5 Å². The number of methoxy groups -OCH3 is 1. The van der Waals surface area contributed by atoms with Crippen molar-refractivity contribution in [1.82, 2.24) is 0 Å². The number of anilines is 1. The highest BCUT2D eigenvalue weighted by Gasteiger charge is 2.15. The summed E-state index contributed by atoms with van der Waals surface area (Å²) in [5, 5.41) is 3.08. The predicted octanol–water partition coefficient (Wildman–Crippen LogP) is 3.09. The lowest BCUT2D eigenvalue weighted by molar-refractivity contribution is 0.415. The lowest BCUT2D eigenvalue weighted by Gasteiger charge is -2.19. The monoisotopic (exact) mass is 278 g/mol. The molecule has 0 bridgehead atoms. The zero-order valence-corrected chi connectivity index (χ0v) is 11.1. The van der Waals surface area contributed by atoms with Crippen LogP contribution >= 0.6 is 0 Å². The molecule has 1 unspecified atom stereocenters. The Labute approximate surface area is 116 Å². The molecule has 0 aliphatic heterocycles. The first-order valence-corrected chi connectivity index (χ1v) is 6.19. The minimum absolute atomic E-state index is 0.145. The van der Waals surface area contributed by atoms with E-state index in [1.54, 1.807) is 31.4 Å². The van der Waals surface area contributed by atoms with Crippen LogP contribution < -0.4 is 15.8 Å². The molecule has 5 heteroatoms. The average molecular weight is 278 g/mol. The van der Waals surface area contributed by atoms with Gasteiger partial charge in [0.05, 0.1) is 13.2 Å². The minimum Gasteiger partial charge on any atom is -0.497 e. The van der Waals surface area contributed by atoms with Gasteiger partial charge in [0, 0.05) is 17.8 Å². The van der Waals surface area contributed by atoms with Crippen molar-refractivity contribution in [3.8, 4) is 5.75 Å². The number of nitrogens with two attached hydrogens (primary N) is 1. The van der Waals surface area contributed by atoms with E-state index in [-0.39, 0.29) is 12.1 Å². The SMILES string of the molecule is COc1ccc(NC(CN)c2cc(F)ccc2F)cc1. The minimum atomic E-state index is -0.501. The summed E-state index contributed by atoms with van der Waals surface area (Å²) in [6, 6.07) is 9.97. The van der Waals surface area contributed by atoms with E-state index in [1.807, 2.05) is 0 Å². The molecule has 0 saturated carbocycles. The van der Waals surface area contributed by atoms with Gasteiger partial charge in [-0.25, -0.2) is 8.78 Å².